The second kappa shape index (κ2) is 6.48. The standard InChI is InChI=1S/C11H15NO2S/c12-5-2-6-15-8-9-3-1-4-10(7-9)11(13)14/h1,3-4,7H,2,5-6,8,12H2,(H,13,14). The Kier molecular flexibility index (Phi) is 5.21. The van der Waals surface area contributed by atoms with E-state index in [2.05, 4.69) is 0 Å². The van der Waals surface area contributed by atoms with E-state index >= 15 is 0 Å². The maximum atomic E-state index is 10.7. The zero-order valence-corrected chi connectivity index (χ0v) is 9.30. The normalized spacial score (nSPS) is 10.2. The van der Waals surface area contributed by atoms with E-state index in [9.17, 15) is 4.79 Å². The van der Waals surface area contributed by atoms with Gasteiger partial charge in [0.15, 0.2) is 0 Å². The molecule has 0 aliphatic rings. The summed E-state index contributed by atoms with van der Waals surface area (Å²) in [7, 11) is 0. The molecule has 4 heteroatoms. The molecule has 3 nitrogen and oxygen atoms in total. The summed E-state index contributed by atoms with van der Waals surface area (Å²) < 4.78 is 0. The lowest BCUT2D eigenvalue weighted by molar-refractivity contribution is 0.0697. The molecular weight excluding hydrogens is 210 g/mol. The van der Waals surface area contributed by atoms with Crippen molar-refractivity contribution in [3.05, 3.63) is 35.4 Å². The van der Waals surface area contributed by atoms with Crippen LogP contribution in [0.25, 0.3) is 0 Å². The monoisotopic (exact) mass is 225 g/mol. The quantitative estimate of drug-likeness (QED) is 0.726. The average molecular weight is 225 g/mol. The molecule has 0 unspecified atom stereocenters. The number of aromatic carboxylic acids is 1. The van der Waals surface area contributed by atoms with Crippen LogP contribution in [0.4, 0.5) is 0 Å². The molecule has 1 rings (SSSR count). The number of hydrogen-bond acceptors (Lipinski definition) is 3. The van der Waals surface area contributed by atoms with Gasteiger partial charge in [0.25, 0.3) is 0 Å². The molecule has 3 N–H and O–H groups in total. The fraction of sp³-hybridized carbons (Fsp3) is 0.364. The van der Waals surface area contributed by atoms with Gasteiger partial charge in [0.1, 0.15) is 0 Å². The zero-order chi connectivity index (χ0) is 11.1. The van der Waals surface area contributed by atoms with Crippen LogP contribution in [-0.2, 0) is 5.75 Å². The SMILES string of the molecule is NCCCSCc1cccc(C(=O)O)c1. The molecule has 0 spiro atoms. The molecule has 82 valence electrons. The first-order chi connectivity index (χ1) is 7.24. The minimum absolute atomic E-state index is 0.354. The van der Waals surface area contributed by atoms with Gasteiger partial charge < -0.3 is 10.8 Å². The molecule has 1 aromatic rings. The summed E-state index contributed by atoms with van der Waals surface area (Å²) in [5, 5.41) is 8.80. The number of rotatable bonds is 6. The highest BCUT2D eigenvalue weighted by Gasteiger charge is 2.02. The minimum atomic E-state index is -0.871. The van der Waals surface area contributed by atoms with Gasteiger partial charge >= 0.3 is 5.97 Å². The summed E-state index contributed by atoms with van der Waals surface area (Å²) in [6.45, 7) is 0.710. The van der Waals surface area contributed by atoms with Gasteiger partial charge in [-0.15, -0.1) is 0 Å². The van der Waals surface area contributed by atoms with Crippen molar-refractivity contribution >= 4 is 17.7 Å². The van der Waals surface area contributed by atoms with E-state index in [1.54, 1.807) is 30.0 Å². The molecule has 0 atom stereocenters. The lowest BCUT2D eigenvalue weighted by Gasteiger charge is -2.02. The molecule has 0 radical (unpaired) electrons. The van der Waals surface area contributed by atoms with Crippen molar-refractivity contribution in [2.75, 3.05) is 12.3 Å². The summed E-state index contributed by atoms with van der Waals surface area (Å²) in [6.07, 6.45) is 1.00. The number of carboxylic acid groups (broad SMARTS) is 1. The lowest BCUT2D eigenvalue weighted by Crippen LogP contribution is -2.00. The van der Waals surface area contributed by atoms with E-state index in [1.807, 2.05) is 6.07 Å². The van der Waals surface area contributed by atoms with Crippen LogP contribution >= 0.6 is 11.8 Å². The van der Waals surface area contributed by atoms with E-state index in [4.69, 9.17) is 10.8 Å². The predicted molar refractivity (Wildman–Crippen MR) is 63.2 cm³/mol. The van der Waals surface area contributed by atoms with Crippen molar-refractivity contribution in [2.45, 2.75) is 12.2 Å². The predicted octanol–water partition coefficient (Wildman–Crippen LogP) is 1.97. The molecule has 0 aliphatic carbocycles. The van der Waals surface area contributed by atoms with Crippen LogP contribution in [0.15, 0.2) is 24.3 Å². The third kappa shape index (κ3) is 4.36. The van der Waals surface area contributed by atoms with Gasteiger partial charge in [-0.05, 0) is 36.4 Å². The number of carboxylic acids is 1. The van der Waals surface area contributed by atoms with Crippen LogP contribution in [0, 0.1) is 0 Å². The van der Waals surface area contributed by atoms with Crippen molar-refractivity contribution in [3.63, 3.8) is 0 Å². The average Bonchev–Trinajstić information content (AvgIpc) is 2.25. The molecule has 15 heavy (non-hydrogen) atoms. The van der Waals surface area contributed by atoms with Crippen LogP contribution in [-0.4, -0.2) is 23.4 Å². The third-order valence-electron chi connectivity index (χ3n) is 1.94. The van der Waals surface area contributed by atoms with Gasteiger partial charge in [-0.3, -0.25) is 0 Å². The van der Waals surface area contributed by atoms with Gasteiger partial charge in [-0.25, -0.2) is 4.79 Å². The zero-order valence-electron chi connectivity index (χ0n) is 8.48. The summed E-state index contributed by atoms with van der Waals surface area (Å²) >= 11 is 1.78. The Morgan fingerprint density at radius 1 is 1.47 bits per heavy atom. The highest BCUT2D eigenvalue weighted by molar-refractivity contribution is 7.98. The Morgan fingerprint density at radius 3 is 2.93 bits per heavy atom. The van der Waals surface area contributed by atoms with Gasteiger partial charge in [0.05, 0.1) is 5.56 Å². The molecule has 0 amide bonds. The number of nitrogens with two attached hydrogens (primary N) is 1. The smallest absolute Gasteiger partial charge is 0.335 e. The third-order valence-corrected chi connectivity index (χ3v) is 3.05. The van der Waals surface area contributed by atoms with E-state index in [0.717, 1.165) is 23.5 Å². The highest BCUT2D eigenvalue weighted by atomic mass is 32.2. The first kappa shape index (κ1) is 12.1. The molecule has 0 saturated heterocycles. The second-order valence-corrected chi connectivity index (χ2v) is 4.31. The molecule has 0 saturated carbocycles. The Hall–Kier alpha value is -1.00. The summed E-state index contributed by atoms with van der Waals surface area (Å²) in [6, 6.07) is 7.05. The summed E-state index contributed by atoms with van der Waals surface area (Å²) in [4.78, 5) is 10.7. The van der Waals surface area contributed by atoms with Crippen LogP contribution < -0.4 is 5.73 Å². The van der Waals surface area contributed by atoms with Crippen LogP contribution in [0.5, 0.6) is 0 Å². The van der Waals surface area contributed by atoms with E-state index in [0.29, 0.717) is 12.1 Å². The lowest BCUT2D eigenvalue weighted by atomic mass is 10.1. The fourth-order valence-electron chi connectivity index (χ4n) is 1.17. The number of hydrogen-bond donors (Lipinski definition) is 2. The van der Waals surface area contributed by atoms with E-state index in [1.165, 1.54) is 0 Å². The van der Waals surface area contributed by atoms with Crippen molar-refractivity contribution in [3.8, 4) is 0 Å². The maximum Gasteiger partial charge on any atom is 0.335 e. The summed E-state index contributed by atoms with van der Waals surface area (Å²) in [5.74, 6) is 0.998. The fourth-order valence-corrected chi connectivity index (χ4v) is 2.10. The van der Waals surface area contributed by atoms with Crippen LogP contribution in [0.3, 0.4) is 0 Å². The topological polar surface area (TPSA) is 63.3 Å². The van der Waals surface area contributed by atoms with Crippen molar-refractivity contribution in [2.24, 2.45) is 5.73 Å². The Bertz CT molecular complexity index is 328. The molecule has 0 fully saturated rings. The Labute approximate surface area is 93.7 Å². The Balaban J connectivity index is 2.47. The van der Waals surface area contributed by atoms with Gasteiger partial charge in [0.2, 0.25) is 0 Å². The van der Waals surface area contributed by atoms with Crippen LogP contribution in [0.1, 0.15) is 22.3 Å². The van der Waals surface area contributed by atoms with Crippen molar-refractivity contribution in [1.29, 1.82) is 0 Å². The van der Waals surface area contributed by atoms with E-state index in [-0.39, 0.29) is 0 Å². The van der Waals surface area contributed by atoms with Crippen LogP contribution in [0.2, 0.25) is 0 Å². The number of thioether (sulfide) groups is 1. The molecule has 1 aromatic carbocycles. The van der Waals surface area contributed by atoms with Crippen molar-refractivity contribution < 1.29 is 9.90 Å². The van der Waals surface area contributed by atoms with Gasteiger partial charge in [-0.2, -0.15) is 11.8 Å². The number of carbonyl (C=O) groups is 1. The molecule has 0 aromatic heterocycles. The summed E-state index contributed by atoms with van der Waals surface area (Å²) in [5.41, 5.74) is 6.79. The largest absolute Gasteiger partial charge is 0.478 e. The molecule has 0 heterocycles. The van der Waals surface area contributed by atoms with E-state index < -0.39 is 5.97 Å². The maximum absolute atomic E-state index is 10.7. The highest BCUT2D eigenvalue weighted by Crippen LogP contribution is 2.14. The van der Waals surface area contributed by atoms with Gasteiger partial charge in [0, 0.05) is 5.75 Å². The molecular formula is C11H15NO2S. The second-order valence-electron chi connectivity index (χ2n) is 3.20. The molecule has 0 aliphatic heterocycles. The van der Waals surface area contributed by atoms with Gasteiger partial charge in [-0.1, -0.05) is 12.1 Å². The minimum Gasteiger partial charge on any atom is -0.478 e. The number of benzene rings is 1. The first-order valence-electron chi connectivity index (χ1n) is 4.84. The Morgan fingerprint density at radius 2 is 2.27 bits per heavy atom. The van der Waals surface area contributed by atoms with Crippen molar-refractivity contribution in [1.82, 2.24) is 0 Å². The first-order valence-corrected chi connectivity index (χ1v) is 5.99. The molecule has 0 bridgehead atoms.